The van der Waals surface area contributed by atoms with E-state index in [0.29, 0.717) is 0 Å². The number of allylic oxidation sites excluding steroid dienone is 1. The first-order valence-electron chi connectivity index (χ1n) is 11.4. The highest BCUT2D eigenvalue weighted by Crippen LogP contribution is 2.47. The Bertz CT molecular complexity index is 1850. The summed E-state index contributed by atoms with van der Waals surface area (Å²) in [6.45, 7) is 4.29. The number of rotatable bonds is 4. The molecule has 0 saturated heterocycles. The van der Waals surface area contributed by atoms with E-state index in [0.717, 1.165) is 11.4 Å². The van der Waals surface area contributed by atoms with E-state index < -0.39 is 0 Å². The summed E-state index contributed by atoms with van der Waals surface area (Å²) in [4.78, 5) is 11.5. The van der Waals surface area contributed by atoms with Crippen molar-refractivity contribution in [3.63, 3.8) is 0 Å². The van der Waals surface area contributed by atoms with Gasteiger partial charge in [0.25, 0.3) is 0 Å². The van der Waals surface area contributed by atoms with Gasteiger partial charge in [-0.1, -0.05) is 42.5 Å². The molecule has 2 N–H and O–H groups in total. The Morgan fingerprint density at radius 2 is 1.53 bits per heavy atom. The van der Waals surface area contributed by atoms with E-state index in [2.05, 4.69) is 94.3 Å². The molecule has 36 heavy (non-hydrogen) atoms. The van der Waals surface area contributed by atoms with E-state index in [1.54, 1.807) is 0 Å². The van der Waals surface area contributed by atoms with Crippen LogP contribution >= 0.6 is 11.3 Å². The van der Waals surface area contributed by atoms with Gasteiger partial charge in [0.15, 0.2) is 6.20 Å². The molecular formula is C30H21I2N3S. The average molecular weight is 709 g/mol. The fourth-order valence-electron chi connectivity index (χ4n) is 5.42. The molecule has 0 fully saturated rings. The first-order chi connectivity index (χ1) is 16.8. The normalized spacial score (nSPS) is 12.0. The van der Waals surface area contributed by atoms with Crippen LogP contribution in [0.1, 0.15) is 17.0 Å². The lowest BCUT2D eigenvalue weighted by Crippen LogP contribution is -3.00. The summed E-state index contributed by atoms with van der Waals surface area (Å²) in [6, 6.07) is 25.9. The predicted molar refractivity (Wildman–Crippen MR) is 140 cm³/mol. The number of pyridine rings is 1. The van der Waals surface area contributed by atoms with Crippen molar-refractivity contribution in [3.05, 3.63) is 115 Å². The standard InChI is InChI=1S/C30H19N3S.2HI/c1-2-18(19-8-3-4-9-23(19)30-32-16-7-17-33-30)21-13-14-25-28-26-20(10-5-12-24(26)34-25)22-11-6-15-31-29(22)27(21)28;;/h2-18H,1H2;2*1H. The quantitative estimate of drug-likeness (QED) is 0.152. The largest absolute Gasteiger partial charge is 1.00 e. The molecule has 1 atom stereocenters. The van der Waals surface area contributed by atoms with Crippen LogP contribution in [0.3, 0.4) is 0 Å². The van der Waals surface area contributed by atoms with Crippen molar-refractivity contribution in [2.24, 2.45) is 0 Å². The number of H-pyrrole nitrogens is 2. The third-order valence-electron chi connectivity index (χ3n) is 6.82. The Labute approximate surface area is 246 Å². The number of hydrogen-bond acceptors (Lipinski definition) is 2. The molecule has 0 radical (unpaired) electrons. The summed E-state index contributed by atoms with van der Waals surface area (Å²) < 4.78 is 2.65. The van der Waals surface area contributed by atoms with Crippen LogP contribution in [0, 0.1) is 0 Å². The van der Waals surface area contributed by atoms with Crippen molar-refractivity contribution >= 4 is 53.2 Å². The molecule has 0 aliphatic rings. The molecule has 3 heterocycles. The Morgan fingerprint density at radius 3 is 2.36 bits per heavy atom. The maximum Gasteiger partial charge on any atom is 0.328 e. The van der Waals surface area contributed by atoms with Gasteiger partial charge in [0, 0.05) is 38.2 Å². The van der Waals surface area contributed by atoms with E-state index in [1.165, 1.54) is 53.0 Å². The predicted octanol–water partition coefficient (Wildman–Crippen LogP) is 0.815. The summed E-state index contributed by atoms with van der Waals surface area (Å²) in [7, 11) is 0. The number of aromatic amines is 2. The Balaban J connectivity index is 0.00000133. The molecule has 0 aliphatic carbocycles. The maximum atomic E-state index is 4.60. The van der Waals surface area contributed by atoms with E-state index in [4.69, 9.17) is 0 Å². The van der Waals surface area contributed by atoms with Crippen LogP contribution in [0.25, 0.3) is 53.2 Å². The van der Waals surface area contributed by atoms with Gasteiger partial charge < -0.3 is 48.0 Å². The van der Waals surface area contributed by atoms with Gasteiger partial charge in [-0.3, -0.25) is 0 Å². The van der Waals surface area contributed by atoms with E-state index in [1.807, 2.05) is 36.0 Å². The second-order valence-electron chi connectivity index (χ2n) is 8.57. The summed E-state index contributed by atoms with van der Waals surface area (Å²) in [6.07, 6.45) is 7.83. The number of nitrogens with zero attached hydrogens (tertiary/aromatic N) is 1. The summed E-state index contributed by atoms with van der Waals surface area (Å²) in [5.41, 5.74) is 4.70. The molecular weight excluding hydrogens is 688 g/mol. The summed E-state index contributed by atoms with van der Waals surface area (Å²) in [5, 5.41) is 6.54. The van der Waals surface area contributed by atoms with Gasteiger partial charge in [-0.25, -0.2) is 9.97 Å². The van der Waals surface area contributed by atoms with E-state index in [-0.39, 0.29) is 53.9 Å². The topological polar surface area (TPSA) is 41.2 Å². The van der Waals surface area contributed by atoms with Crippen molar-refractivity contribution in [1.29, 1.82) is 0 Å². The smallest absolute Gasteiger partial charge is 0.328 e. The second-order valence-corrected chi connectivity index (χ2v) is 9.66. The number of benzene rings is 4. The first-order valence-corrected chi connectivity index (χ1v) is 12.2. The van der Waals surface area contributed by atoms with Gasteiger partial charge >= 0.3 is 5.82 Å². The third-order valence-corrected chi connectivity index (χ3v) is 7.94. The van der Waals surface area contributed by atoms with Gasteiger partial charge in [0.05, 0.1) is 22.5 Å². The zero-order valence-electron chi connectivity index (χ0n) is 19.1. The lowest BCUT2D eigenvalue weighted by molar-refractivity contribution is -0.368. The number of halogens is 2. The molecule has 3 aromatic heterocycles. The average Bonchev–Trinajstić information content (AvgIpc) is 3.29. The molecule has 0 aliphatic heterocycles. The van der Waals surface area contributed by atoms with Gasteiger partial charge in [0.2, 0.25) is 5.52 Å². The molecule has 3 nitrogen and oxygen atoms in total. The number of nitrogens with one attached hydrogen (secondary N) is 2. The molecule has 7 rings (SSSR count). The maximum absolute atomic E-state index is 4.60. The Hall–Kier alpha value is -2.69. The highest BCUT2D eigenvalue weighted by atomic mass is 127. The minimum Gasteiger partial charge on any atom is -1.00 e. The molecule has 4 aromatic carbocycles. The zero-order chi connectivity index (χ0) is 22.6. The van der Waals surface area contributed by atoms with Crippen LogP contribution in [0.15, 0.2) is 104 Å². The van der Waals surface area contributed by atoms with Crippen LogP contribution in [0.2, 0.25) is 0 Å². The summed E-state index contributed by atoms with van der Waals surface area (Å²) in [5.74, 6) is 0.863. The Morgan fingerprint density at radius 1 is 0.722 bits per heavy atom. The van der Waals surface area contributed by atoms with E-state index in [9.17, 15) is 0 Å². The number of thiophene rings is 1. The number of aromatic nitrogens is 3. The fraction of sp³-hybridized carbons (Fsp3) is 0.0333. The number of hydrogen-bond donors (Lipinski definition) is 0. The lowest BCUT2D eigenvalue weighted by atomic mass is 9.83. The summed E-state index contributed by atoms with van der Waals surface area (Å²) >= 11 is 1.87. The lowest BCUT2D eigenvalue weighted by Gasteiger charge is -2.18. The van der Waals surface area contributed by atoms with Crippen molar-refractivity contribution < 1.29 is 57.9 Å². The van der Waals surface area contributed by atoms with Crippen LogP contribution in [-0.4, -0.2) is 4.98 Å². The molecule has 0 spiro atoms. The Kier molecular flexibility index (Phi) is 6.93. The van der Waals surface area contributed by atoms with Crippen LogP contribution in [0.5, 0.6) is 0 Å². The minimum absolute atomic E-state index is 0. The fourth-order valence-corrected chi connectivity index (χ4v) is 6.56. The van der Waals surface area contributed by atoms with Crippen LogP contribution < -0.4 is 57.9 Å². The highest BCUT2D eigenvalue weighted by Gasteiger charge is 2.26. The zero-order valence-corrected chi connectivity index (χ0v) is 24.3. The number of fused-ring (bicyclic) bond motifs is 3. The molecule has 1 unspecified atom stereocenters. The van der Waals surface area contributed by atoms with Gasteiger partial charge in [-0.15, -0.1) is 17.9 Å². The van der Waals surface area contributed by atoms with Crippen LogP contribution in [0.4, 0.5) is 0 Å². The third kappa shape index (κ3) is 3.69. The van der Waals surface area contributed by atoms with Gasteiger partial charge in [-0.2, -0.15) is 0 Å². The SMILES string of the molecule is C=CC(c1ccccc1-c1nccc[nH+]1)c1ccc2sc3cccc4c5ccc[nH+]c5c1c2c34.[I-].[I-]. The van der Waals surface area contributed by atoms with E-state index >= 15 is 0 Å². The van der Waals surface area contributed by atoms with Gasteiger partial charge in [0.1, 0.15) is 6.20 Å². The second kappa shape index (κ2) is 9.99. The van der Waals surface area contributed by atoms with Crippen molar-refractivity contribution in [1.82, 2.24) is 4.98 Å². The molecule has 176 valence electrons. The monoisotopic (exact) mass is 709 g/mol. The minimum atomic E-state index is 0. The first kappa shape index (κ1) is 25.0. The van der Waals surface area contributed by atoms with Gasteiger partial charge in [-0.05, 0) is 45.8 Å². The molecule has 6 heteroatoms. The molecule has 7 aromatic rings. The van der Waals surface area contributed by atoms with Crippen molar-refractivity contribution in [2.45, 2.75) is 5.92 Å². The molecule has 0 bridgehead atoms. The molecule has 0 saturated carbocycles. The van der Waals surface area contributed by atoms with Crippen molar-refractivity contribution in [2.75, 3.05) is 0 Å². The van der Waals surface area contributed by atoms with Crippen molar-refractivity contribution in [3.8, 4) is 11.4 Å². The highest BCUT2D eigenvalue weighted by molar-refractivity contribution is 7.26. The van der Waals surface area contributed by atoms with Crippen LogP contribution in [-0.2, 0) is 0 Å². The molecule has 0 amide bonds.